The Morgan fingerprint density at radius 2 is 2.09 bits per heavy atom. The molecule has 1 saturated heterocycles. The maximum atomic E-state index is 12.4. The van der Waals surface area contributed by atoms with Gasteiger partial charge in [0, 0.05) is 13.1 Å². The zero-order valence-corrected chi connectivity index (χ0v) is 12.6. The molecule has 0 bridgehead atoms. The minimum absolute atomic E-state index is 0.321. The van der Waals surface area contributed by atoms with Gasteiger partial charge < -0.3 is 9.64 Å². The number of halogens is 2. The molecule has 1 atom stereocenters. The Hall–Kier alpha value is -1.74. The van der Waals surface area contributed by atoms with Gasteiger partial charge in [0.2, 0.25) is 15.9 Å². The van der Waals surface area contributed by atoms with Crippen molar-refractivity contribution in [3.8, 4) is 5.75 Å². The summed E-state index contributed by atoms with van der Waals surface area (Å²) in [6.45, 7) is -0.402. The van der Waals surface area contributed by atoms with E-state index in [0.717, 1.165) is 12.1 Å². The fourth-order valence-corrected chi connectivity index (χ4v) is 3.64. The molecule has 2 rings (SSSR count). The van der Waals surface area contributed by atoms with E-state index in [-0.39, 0.29) is 5.91 Å². The van der Waals surface area contributed by atoms with E-state index in [2.05, 4.69) is 9.46 Å². The average molecular weight is 334 g/mol. The van der Waals surface area contributed by atoms with E-state index in [1.807, 2.05) is 0 Å². The minimum Gasteiger partial charge on any atom is -0.433 e. The van der Waals surface area contributed by atoms with Gasteiger partial charge in [0.25, 0.3) is 0 Å². The Bertz CT molecular complexity index is 651. The molecule has 0 aliphatic carbocycles. The average Bonchev–Trinajstić information content (AvgIpc) is 2.79. The normalized spacial score (nSPS) is 19.0. The summed E-state index contributed by atoms with van der Waals surface area (Å²) in [5, 5.41) is 0. The molecule has 1 fully saturated rings. The van der Waals surface area contributed by atoms with E-state index in [1.165, 1.54) is 17.0 Å². The zero-order chi connectivity index (χ0) is 16.3. The molecule has 9 heteroatoms. The van der Waals surface area contributed by atoms with E-state index in [0.29, 0.717) is 19.5 Å². The van der Waals surface area contributed by atoms with Gasteiger partial charge in [-0.25, -0.2) is 8.42 Å². The highest BCUT2D eigenvalue weighted by Crippen LogP contribution is 2.26. The molecule has 122 valence electrons. The standard InChI is InChI=1S/C13H16F2N2O4S/c1-2-17-8-7-9(12(17)18)16-22(19,20)11-6-4-3-5-10(11)21-13(14)15/h3-6,9,13,16H,2,7-8H2,1H3. The summed E-state index contributed by atoms with van der Waals surface area (Å²) >= 11 is 0. The molecule has 1 N–H and O–H groups in total. The molecule has 1 unspecified atom stereocenters. The monoisotopic (exact) mass is 334 g/mol. The second-order valence-electron chi connectivity index (χ2n) is 4.71. The molecule has 0 aromatic heterocycles. The van der Waals surface area contributed by atoms with Crippen LogP contribution in [0.5, 0.6) is 5.75 Å². The van der Waals surface area contributed by atoms with E-state index in [1.54, 1.807) is 6.92 Å². The van der Waals surface area contributed by atoms with Gasteiger partial charge in [0.05, 0.1) is 0 Å². The summed E-state index contributed by atoms with van der Waals surface area (Å²) in [5.41, 5.74) is 0. The number of alkyl halides is 2. The van der Waals surface area contributed by atoms with Crippen molar-refractivity contribution < 1.29 is 26.7 Å². The smallest absolute Gasteiger partial charge is 0.387 e. The Morgan fingerprint density at radius 3 is 2.68 bits per heavy atom. The number of carbonyl (C=O) groups is 1. The Labute approximate surface area is 127 Å². The van der Waals surface area contributed by atoms with Gasteiger partial charge in [0.15, 0.2) is 0 Å². The maximum absolute atomic E-state index is 12.4. The Kier molecular flexibility index (Phi) is 4.97. The predicted molar refractivity (Wildman–Crippen MR) is 74.1 cm³/mol. The molecule has 1 heterocycles. The molecular weight excluding hydrogens is 318 g/mol. The van der Waals surface area contributed by atoms with Gasteiger partial charge >= 0.3 is 6.61 Å². The summed E-state index contributed by atoms with van der Waals surface area (Å²) in [7, 11) is -4.14. The highest BCUT2D eigenvalue weighted by molar-refractivity contribution is 7.89. The van der Waals surface area contributed by atoms with Crippen LogP contribution in [0.4, 0.5) is 8.78 Å². The molecule has 1 aromatic rings. The number of rotatable bonds is 6. The van der Waals surface area contributed by atoms with Crippen LogP contribution in [0, 0.1) is 0 Å². The molecule has 0 spiro atoms. The van der Waals surface area contributed by atoms with Crippen molar-refractivity contribution in [1.82, 2.24) is 9.62 Å². The number of para-hydroxylation sites is 1. The van der Waals surface area contributed by atoms with Crippen molar-refractivity contribution in [1.29, 1.82) is 0 Å². The van der Waals surface area contributed by atoms with Gasteiger partial charge in [-0.2, -0.15) is 13.5 Å². The zero-order valence-electron chi connectivity index (χ0n) is 11.8. The van der Waals surface area contributed by atoms with Gasteiger partial charge in [0.1, 0.15) is 16.7 Å². The van der Waals surface area contributed by atoms with Crippen LogP contribution in [0.2, 0.25) is 0 Å². The number of carbonyl (C=O) groups excluding carboxylic acids is 1. The molecule has 22 heavy (non-hydrogen) atoms. The van der Waals surface area contributed by atoms with Crippen LogP contribution in [0.15, 0.2) is 29.2 Å². The van der Waals surface area contributed by atoms with Crippen molar-refractivity contribution in [3.05, 3.63) is 24.3 Å². The van der Waals surface area contributed by atoms with Gasteiger partial charge in [-0.3, -0.25) is 4.79 Å². The van der Waals surface area contributed by atoms with Crippen LogP contribution in [0.25, 0.3) is 0 Å². The fraction of sp³-hybridized carbons (Fsp3) is 0.462. The van der Waals surface area contributed by atoms with Gasteiger partial charge in [-0.05, 0) is 25.5 Å². The SMILES string of the molecule is CCN1CCC(NS(=O)(=O)c2ccccc2OC(F)F)C1=O. The highest BCUT2D eigenvalue weighted by atomic mass is 32.2. The number of nitrogens with one attached hydrogen (secondary N) is 1. The van der Waals surface area contributed by atoms with E-state index < -0.39 is 33.3 Å². The van der Waals surface area contributed by atoms with Crippen LogP contribution >= 0.6 is 0 Å². The number of hydrogen-bond donors (Lipinski definition) is 1. The van der Waals surface area contributed by atoms with Gasteiger partial charge in [-0.1, -0.05) is 12.1 Å². The third-order valence-electron chi connectivity index (χ3n) is 3.33. The van der Waals surface area contributed by atoms with Crippen molar-refractivity contribution in [2.24, 2.45) is 0 Å². The van der Waals surface area contributed by atoms with Crippen molar-refractivity contribution in [3.63, 3.8) is 0 Å². The van der Waals surface area contributed by atoms with E-state index >= 15 is 0 Å². The first-order valence-corrected chi connectivity index (χ1v) is 8.18. The Balaban J connectivity index is 2.23. The van der Waals surface area contributed by atoms with Crippen molar-refractivity contribution in [2.75, 3.05) is 13.1 Å². The molecule has 1 amide bonds. The van der Waals surface area contributed by atoms with E-state index in [9.17, 15) is 22.0 Å². The molecular formula is C13H16F2N2O4S. The summed E-state index contributed by atoms with van der Waals surface area (Å²) in [4.78, 5) is 13.1. The predicted octanol–water partition coefficient (Wildman–Crippen LogP) is 1.19. The van der Waals surface area contributed by atoms with Gasteiger partial charge in [-0.15, -0.1) is 0 Å². The summed E-state index contributed by atoms with van der Waals surface area (Å²) in [6, 6.07) is 4.18. The van der Waals surface area contributed by atoms with E-state index in [4.69, 9.17) is 0 Å². The first-order chi connectivity index (χ1) is 10.3. The van der Waals surface area contributed by atoms with Crippen molar-refractivity contribution in [2.45, 2.75) is 30.9 Å². The topological polar surface area (TPSA) is 75.7 Å². The lowest BCUT2D eigenvalue weighted by Gasteiger charge is -2.16. The lowest BCUT2D eigenvalue weighted by atomic mass is 10.3. The summed E-state index contributed by atoms with van der Waals surface area (Å²) in [5.74, 6) is -0.777. The molecule has 0 saturated carbocycles. The lowest BCUT2D eigenvalue weighted by molar-refractivity contribution is -0.128. The quantitative estimate of drug-likeness (QED) is 0.848. The number of ether oxygens (including phenoxy) is 1. The molecule has 1 aliphatic rings. The number of likely N-dealkylation sites (N-methyl/N-ethyl adjacent to an activating group) is 1. The lowest BCUT2D eigenvalue weighted by Crippen LogP contribution is -2.41. The number of sulfonamides is 1. The number of hydrogen-bond acceptors (Lipinski definition) is 4. The summed E-state index contributed by atoms with van der Waals surface area (Å²) in [6.07, 6.45) is 0.337. The van der Waals surface area contributed by atoms with Crippen LogP contribution in [-0.4, -0.2) is 45.0 Å². The largest absolute Gasteiger partial charge is 0.433 e. The van der Waals surface area contributed by atoms with Crippen LogP contribution in [-0.2, 0) is 14.8 Å². The molecule has 6 nitrogen and oxygen atoms in total. The maximum Gasteiger partial charge on any atom is 0.387 e. The molecule has 1 aliphatic heterocycles. The minimum atomic E-state index is -4.14. The second kappa shape index (κ2) is 6.57. The number of amides is 1. The third-order valence-corrected chi connectivity index (χ3v) is 4.84. The number of likely N-dealkylation sites (tertiary alicyclic amines) is 1. The first-order valence-electron chi connectivity index (χ1n) is 6.70. The number of nitrogens with zero attached hydrogens (tertiary/aromatic N) is 1. The number of benzene rings is 1. The van der Waals surface area contributed by atoms with Crippen LogP contribution in [0.3, 0.4) is 0 Å². The van der Waals surface area contributed by atoms with Crippen molar-refractivity contribution >= 4 is 15.9 Å². The fourth-order valence-electron chi connectivity index (χ4n) is 2.28. The molecule has 1 aromatic carbocycles. The first kappa shape index (κ1) is 16.6. The highest BCUT2D eigenvalue weighted by Gasteiger charge is 2.35. The van der Waals surface area contributed by atoms with Crippen LogP contribution in [0.1, 0.15) is 13.3 Å². The second-order valence-corrected chi connectivity index (χ2v) is 6.39. The van der Waals surface area contributed by atoms with Crippen LogP contribution < -0.4 is 9.46 Å². The third kappa shape index (κ3) is 3.53. The Morgan fingerprint density at radius 1 is 1.41 bits per heavy atom. The molecule has 0 radical (unpaired) electrons. The summed E-state index contributed by atoms with van der Waals surface area (Å²) < 4.78 is 55.8.